The molecule has 0 bridgehead atoms. The standard InChI is InChI=1S/C25H30FN3O3S/c1-6-28(11-12-30)18-9-10-20(16(3)13-18)23-22(24(31)32-5)17(4)29(25(33)27-23)19-8-7-15(2)21(26)14-19/h7-10,13-14,23,30H,6,11-12H2,1-5H3,(H,27,33). The molecule has 1 aliphatic heterocycles. The van der Waals surface area contributed by atoms with Crippen LogP contribution in [-0.4, -0.2) is 43.0 Å². The van der Waals surface area contributed by atoms with Crippen LogP contribution in [0, 0.1) is 19.7 Å². The maximum atomic E-state index is 14.3. The fourth-order valence-electron chi connectivity index (χ4n) is 4.15. The molecule has 0 amide bonds. The summed E-state index contributed by atoms with van der Waals surface area (Å²) in [7, 11) is 1.34. The van der Waals surface area contributed by atoms with Crippen LogP contribution in [0.2, 0.25) is 0 Å². The second kappa shape index (κ2) is 10.3. The number of anilines is 2. The Bertz CT molecular complexity index is 1100. The summed E-state index contributed by atoms with van der Waals surface area (Å²) in [5.74, 6) is -0.830. The van der Waals surface area contributed by atoms with Crippen molar-refractivity contribution in [2.75, 3.05) is 36.6 Å². The fourth-order valence-corrected chi connectivity index (χ4v) is 4.51. The third kappa shape index (κ3) is 4.86. The third-order valence-electron chi connectivity index (χ3n) is 5.98. The topological polar surface area (TPSA) is 65.0 Å². The molecule has 1 atom stereocenters. The molecule has 176 valence electrons. The number of benzene rings is 2. The number of thiocarbonyl (C=S) groups is 1. The number of allylic oxidation sites excluding steroid dienone is 1. The van der Waals surface area contributed by atoms with E-state index >= 15 is 0 Å². The molecule has 3 rings (SSSR count). The van der Waals surface area contributed by atoms with Gasteiger partial charge in [0.25, 0.3) is 0 Å². The predicted molar refractivity (Wildman–Crippen MR) is 133 cm³/mol. The Morgan fingerprint density at radius 3 is 2.52 bits per heavy atom. The van der Waals surface area contributed by atoms with E-state index in [4.69, 9.17) is 17.0 Å². The van der Waals surface area contributed by atoms with E-state index in [1.165, 1.54) is 13.2 Å². The van der Waals surface area contributed by atoms with Crippen molar-refractivity contribution >= 4 is 34.7 Å². The van der Waals surface area contributed by atoms with E-state index in [1.54, 1.807) is 30.9 Å². The fraction of sp³-hybridized carbons (Fsp3) is 0.360. The van der Waals surface area contributed by atoms with Gasteiger partial charge in [0.15, 0.2) is 5.11 Å². The Morgan fingerprint density at radius 1 is 1.21 bits per heavy atom. The number of aryl methyl sites for hydroxylation is 2. The second-order valence-electron chi connectivity index (χ2n) is 7.99. The monoisotopic (exact) mass is 471 g/mol. The summed E-state index contributed by atoms with van der Waals surface area (Å²) in [5, 5.41) is 13.0. The van der Waals surface area contributed by atoms with Crippen molar-refractivity contribution < 1.29 is 19.0 Å². The van der Waals surface area contributed by atoms with Crippen molar-refractivity contribution in [3.8, 4) is 0 Å². The van der Waals surface area contributed by atoms with E-state index in [0.717, 1.165) is 23.4 Å². The molecule has 1 heterocycles. The molecule has 0 saturated carbocycles. The molecule has 1 unspecified atom stereocenters. The lowest BCUT2D eigenvalue weighted by molar-refractivity contribution is -0.136. The highest BCUT2D eigenvalue weighted by Gasteiger charge is 2.36. The molecule has 2 aromatic rings. The minimum atomic E-state index is -0.515. The van der Waals surface area contributed by atoms with Gasteiger partial charge < -0.3 is 20.1 Å². The number of aliphatic hydroxyl groups is 1. The van der Waals surface area contributed by atoms with Gasteiger partial charge in [-0.2, -0.15) is 0 Å². The van der Waals surface area contributed by atoms with Crippen LogP contribution in [-0.2, 0) is 9.53 Å². The molecule has 2 aromatic carbocycles. The number of esters is 1. The van der Waals surface area contributed by atoms with Crippen LogP contribution in [0.1, 0.15) is 36.6 Å². The number of nitrogens with zero attached hydrogens (tertiary/aromatic N) is 2. The molecule has 0 saturated heterocycles. The van der Waals surface area contributed by atoms with Crippen LogP contribution in [0.4, 0.5) is 15.8 Å². The first-order valence-corrected chi connectivity index (χ1v) is 11.3. The highest BCUT2D eigenvalue weighted by Crippen LogP contribution is 2.36. The Morgan fingerprint density at radius 2 is 1.94 bits per heavy atom. The van der Waals surface area contributed by atoms with Crippen molar-refractivity contribution in [1.29, 1.82) is 0 Å². The van der Waals surface area contributed by atoms with Gasteiger partial charge in [-0.05, 0) is 80.9 Å². The van der Waals surface area contributed by atoms with Gasteiger partial charge in [0.05, 0.1) is 31.0 Å². The third-order valence-corrected chi connectivity index (χ3v) is 6.29. The predicted octanol–water partition coefficient (Wildman–Crippen LogP) is 4.14. The zero-order valence-corrected chi connectivity index (χ0v) is 20.4. The van der Waals surface area contributed by atoms with Crippen LogP contribution >= 0.6 is 12.2 Å². The van der Waals surface area contributed by atoms with Crippen LogP contribution in [0.25, 0.3) is 0 Å². The van der Waals surface area contributed by atoms with Crippen molar-refractivity contribution in [1.82, 2.24) is 5.32 Å². The number of aliphatic hydroxyl groups excluding tert-OH is 1. The molecule has 0 spiro atoms. The van der Waals surface area contributed by atoms with Crippen molar-refractivity contribution in [2.45, 2.75) is 33.7 Å². The van der Waals surface area contributed by atoms with Gasteiger partial charge in [0, 0.05) is 24.5 Å². The van der Waals surface area contributed by atoms with Gasteiger partial charge in [-0.3, -0.25) is 4.90 Å². The minimum Gasteiger partial charge on any atom is -0.466 e. The normalized spacial score (nSPS) is 16.0. The number of ether oxygens (including phenoxy) is 1. The molecular formula is C25H30FN3O3S. The lowest BCUT2D eigenvalue weighted by Crippen LogP contribution is -2.48. The molecule has 2 N–H and O–H groups in total. The number of hydrogen-bond acceptors (Lipinski definition) is 5. The average Bonchev–Trinajstić information content (AvgIpc) is 2.79. The van der Waals surface area contributed by atoms with E-state index in [2.05, 4.69) is 10.2 Å². The Hall–Kier alpha value is -2.97. The molecule has 1 aliphatic rings. The summed E-state index contributed by atoms with van der Waals surface area (Å²) >= 11 is 5.65. The highest BCUT2D eigenvalue weighted by atomic mass is 32.1. The zero-order chi connectivity index (χ0) is 24.3. The van der Waals surface area contributed by atoms with Crippen LogP contribution in [0.3, 0.4) is 0 Å². The maximum Gasteiger partial charge on any atom is 0.337 e. The molecule has 0 aromatic heterocycles. The van der Waals surface area contributed by atoms with Crippen LogP contribution < -0.4 is 15.1 Å². The molecular weight excluding hydrogens is 441 g/mol. The van der Waals surface area contributed by atoms with Crippen LogP contribution in [0.15, 0.2) is 47.7 Å². The van der Waals surface area contributed by atoms with Gasteiger partial charge in [-0.15, -0.1) is 0 Å². The van der Waals surface area contributed by atoms with Gasteiger partial charge >= 0.3 is 5.97 Å². The van der Waals surface area contributed by atoms with E-state index in [0.29, 0.717) is 34.2 Å². The smallest absolute Gasteiger partial charge is 0.337 e. The number of carbonyl (C=O) groups is 1. The number of carbonyl (C=O) groups excluding carboxylic acids is 1. The number of likely N-dealkylation sites (N-methyl/N-ethyl adjacent to an activating group) is 1. The summed E-state index contributed by atoms with van der Waals surface area (Å²) in [6.07, 6.45) is 0. The number of halogens is 1. The second-order valence-corrected chi connectivity index (χ2v) is 8.37. The van der Waals surface area contributed by atoms with Crippen molar-refractivity contribution in [3.63, 3.8) is 0 Å². The van der Waals surface area contributed by atoms with E-state index < -0.39 is 12.0 Å². The first kappa shape index (κ1) is 24.7. The molecule has 6 nitrogen and oxygen atoms in total. The molecule has 8 heteroatoms. The summed E-state index contributed by atoms with van der Waals surface area (Å²) in [6, 6.07) is 10.3. The molecule has 0 radical (unpaired) electrons. The van der Waals surface area contributed by atoms with Gasteiger partial charge in [-0.1, -0.05) is 12.1 Å². The SMILES string of the molecule is CCN(CCO)c1ccc(C2NC(=S)N(c3ccc(C)c(F)c3)C(C)=C2C(=O)OC)c(C)c1. The number of methoxy groups -OCH3 is 1. The summed E-state index contributed by atoms with van der Waals surface area (Å²) < 4.78 is 19.4. The Kier molecular flexibility index (Phi) is 7.71. The van der Waals surface area contributed by atoms with Crippen molar-refractivity contribution in [3.05, 3.63) is 70.2 Å². The van der Waals surface area contributed by atoms with Gasteiger partial charge in [-0.25, -0.2) is 9.18 Å². The summed E-state index contributed by atoms with van der Waals surface area (Å²) in [5.41, 5.74) is 4.89. The molecule has 0 fully saturated rings. The first-order chi connectivity index (χ1) is 15.7. The lowest BCUT2D eigenvalue weighted by Gasteiger charge is -2.38. The molecule has 0 aliphatic carbocycles. The van der Waals surface area contributed by atoms with Crippen LogP contribution in [0.5, 0.6) is 0 Å². The number of rotatable bonds is 7. The largest absolute Gasteiger partial charge is 0.466 e. The first-order valence-electron chi connectivity index (χ1n) is 10.9. The zero-order valence-electron chi connectivity index (χ0n) is 19.6. The average molecular weight is 472 g/mol. The van der Waals surface area contributed by atoms with E-state index in [1.807, 2.05) is 32.0 Å². The lowest BCUT2D eigenvalue weighted by atomic mass is 9.91. The number of hydrogen-bond donors (Lipinski definition) is 2. The Balaban J connectivity index is 2.09. The summed E-state index contributed by atoms with van der Waals surface area (Å²) in [4.78, 5) is 16.6. The maximum absolute atomic E-state index is 14.3. The minimum absolute atomic E-state index is 0.0664. The van der Waals surface area contributed by atoms with E-state index in [9.17, 15) is 14.3 Å². The van der Waals surface area contributed by atoms with Crippen molar-refractivity contribution in [2.24, 2.45) is 0 Å². The Labute approximate surface area is 199 Å². The number of nitrogens with one attached hydrogen (secondary N) is 1. The summed E-state index contributed by atoms with van der Waals surface area (Å²) in [6.45, 7) is 8.85. The quantitative estimate of drug-likeness (QED) is 0.465. The molecule has 33 heavy (non-hydrogen) atoms. The van der Waals surface area contributed by atoms with Gasteiger partial charge in [0.1, 0.15) is 5.82 Å². The van der Waals surface area contributed by atoms with Gasteiger partial charge in [0.2, 0.25) is 0 Å². The highest BCUT2D eigenvalue weighted by molar-refractivity contribution is 7.80. The van der Waals surface area contributed by atoms with E-state index in [-0.39, 0.29) is 12.4 Å².